The maximum Gasteiger partial charge on any atom is 0.260 e. The van der Waals surface area contributed by atoms with Gasteiger partial charge in [-0.1, -0.05) is 60.7 Å². The molecule has 0 radical (unpaired) electrons. The molecule has 0 bridgehead atoms. The average Bonchev–Trinajstić information content (AvgIpc) is 2.68. The van der Waals surface area contributed by atoms with Crippen molar-refractivity contribution in [1.82, 2.24) is 0 Å². The normalized spacial score (nSPS) is 10.5. The molecule has 1 amide bonds. The summed E-state index contributed by atoms with van der Waals surface area (Å²) in [6.07, 6.45) is 0. The molecule has 3 aromatic carbocycles. The smallest absolute Gasteiger partial charge is 0.260 e. The van der Waals surface area contributed by atoms with Crippen LogP contribution < -0.4 is 10.6 Å². The topological polar surface area (TPSA) is 55.6 Å². The molecule has 0 aromatic heterocycles. The Kier molecular flexibility index (Phi) is 5.66. The van der Waals surface area contributed by atoms with Crippen molar-refractivity contribution in [2.45, 2.75) is 13.2 Å². The predicted octanol–water partition coefficient (Wildman–Crippen LogP) is 4.26. The number of hydrogen-bond donors (Lipinski definition) is 1. The van der Waals surface area contributed by atoms with Crippen LogP contribution in [0.3, 0.4) is 0 Å². The molecule has 0 saturated heterocycles. The van der Waals surface area contributed by atoms with E-state index in [4.69, 9.17) is 10.5 Å². The summed E-state index contributed by atoms with van der Waals surface area (Å²) in [5, 5.41) is 0. The minimum absolute atomic E-state index is 0.140. The highest BCUT2D eigenvalue weighted by atomic mass is 16.5. The Bertz CT molecular complexity index is 878. The largest absolute Gasteiger partial charge is 0.398 e. The molecule has 0 fully saturated rings. The second-order valence-electron chi connectivity index (χ2n) is 6.06. The SMILES string of the molecule is CN(C(=O)c1ccccc1N)c1ccccc1COCc1ccccc1. The Morgan fingerprint density at radius 3 is 2.31 bits per heavy atom. The van der Waals surface area contributed by atoms with E-state index in [1.54, 1.807) is 24.1 Å². The molecule has 0 aliphatic heterocycles. The summed E-state index contributed by atoms with van der Waals surface area (Å²) in [6, 6.07) is 24.9. The van der Waals surface area contributed by atoms with Gasteiger partial charge in [0.25, 0.3) is 5.91 Å². The Labute approximate surface area is 153 Å². The number of amides is 1. The first kappa shape index (κ1) is 17.7. The zero-order valence-electron chi connectivity index (χ0n) is 14.8. The molecule has 3 rings (SSSR count). The molecular formula is C22H22N2O2. The Balaban J connectivity index is 1.74. The fraction of sp³-hybridized carbons (Fsp3) is 0.136. The van der Waals surface area contributed by atoms with Crippen LogP contribution in [-0.2, 0) is 18.0 Å². The van der Waals surface area contributed by atoms with Crippen LogP contribution in [0, 0.1) is 0 Å². The van der Waals surface area contributed by atoms with Crippen molar-refractivity contribution in [3.05, 3.63) is 95.6 Å². The van der Waals surface area contributed by atoms with Crippen LogP contribution in [0.15, 0.2) is 78.9 Å². The van der Waals surface area contributed by atoms with Crippen molar-refractivity contribution in [1.29, 1.82) is 0 Å². The number of nitrogen functional groups attached to an aromatic ring is 1. The van der Waals surface area contributed by atoms with Gasteiger partial charge in [-0.3, -0.25) is 4.79 Å². The zero-order chi connectivity index (χ0) is 18.4. The van der Waals surface area contributed by atoms with Crippen LogP contribution in [0.2, 0.25) is 0 Å². The first-order chi connectivity index (χ1) is 12.7. The van der Waals surface area contributed by atoms with Gasteiger partial charge in [0.15, 0.2) is 0 Å². The molecule has 2 N–H and O–H groups in total. The molecule has 0 aliphatic rings. The predicted molar refractivity (Wildman–Crippen MR) is 105 cm³/mol. The highest BCUT2D eigenvalue weighted by molar-refractivity contribution is 6.09. The molecular weight excluding hydrogens is 324 g/mol. The molecule has 0 unspecified atom stereocenters. The number of nitrogens with zero attached hydrogens (tertiary/aromatic N) is 1. The Morgan fingerprint density at radius 1 is 0.885 bits per heavy atom. The summed E-state index contributed by atoms with van der Waals surface area (Å²) in [5.41, 5.74) is 9.80. The van der Waals surface area contributed by atoms with Crippen LogP contribution in [0.1, 0.15) is 21.5 Å². The van der Waals surface area contributed by atoms with E-state index < -0.39 is 0 Å². The van der Waals surface area contributed by atoms with Gasteiger partial charge in [0.1, 0.15) is 0 Å². The highest BCUT2D eigenvalue weighted by Gasteiger charge is 2.18. The summed E-state index contributed by atoms with van der Waals surface area (Å²) < 4.78 is 5.84. The third kappa shape index (κ3) is 4.10. The first-order valence-corrected chi connectivity index (χ1v) is 8.49. The number of carbonyl (C=O) groups is 1. The maximum absolute atomic E-state index is 12.8. The minimum Gasteiger partial charge on any atom is -0.398 e. The number of para-hydroxylation sites is 2. The second kappa shape index (κ2) is 8.32. The van der Waals surface area contributed by atoms with Crippen LogP contribution >= 0.6 is 0 Å². The van der Waals surface area contributed by atoms with Gasteiger partial charge in [-0.05, 0) is 23.8 Å². The minimum atomic E-state index is -0.140. The molecule has 26 heavy (non-hydrogen) atoms. The lowest BCUT2D eigenvalue weighted by Crippen LogP contribution is -2.28. The van der Waals surface area contributed by atoms with E-state index in [9.17, 15) is 4.79 Å². The molecule has 0 spiro atoms. The summed E-state index contributed by atoms with van der Waals surface area (Å²) in [5.74, 6) is -0.140. The first-order valence-electron chi connectivity index (χ1n) is 8.49. The fourth-order valence-electron chi connectivity index (χ4n) is 2.80. The molecule has 0 aliphatic carbocycles. The monoisotopic (exact) mass is 346 g/mol. The van der Waals surface area contributed by atoms with Gasteiger partial charge in [0.2, 0.25) is 0 Å². The fourth-order valence-corrected chi connectivity index (χ4v) is 2.80. The van der Waals surface area contributed by atoms with E-state index >= 15 is 0 Å². The number of benzene rings is 3. The van der Waals surface area contributed by atoms with Crippen LogP contribution in [0.25, 0.3) is 0 Å². The van der Waals surface area contributed by atoms with Crippen molar-refractivity contribution in [2.24, 2.45) is 0 Å². The number of hydrogen-bond acceptors (Lipinski definition) is 3. The van der Waals surface area contributed by atoms with Gasteiger partial charge in [-0.15, -0.1) is 0 Å². The molecule has 4 heteroatoms. The van der Waals surface area contributed by atoms with E-state index in [1.807, 2.05) is 66.7 Å². The summed E-state index contributed by atoms with van der Waals surface area (Å²) in [7, 11) is 1.75. The highest BCUT2D eigenvalue weighted by Crippen LogP contribution is 2.24. The third-order valence-corrected chi connectivity index (χ3v) is 4.22. The molecule has 0 atom stereocenters. The van der Waals surface area contributed by atoms with E-state index in [0.717, 1.165) is 16.8 Å². The van der Waals surface area contributed by atoms with Crippen LogP contribution in [-0.4, -0.2) is 13.0 Å². The molecule has 3 aromatic rings. The Morgan fingerprint density at radius 2 is 1.54 bits per heavy atom. The summed E-state index contributed by atoms with van der Waals surface area (Å²) in [6.45, 7) is 0.950. The maximum atomic E-state index is 12.8. The standard InChI is InChI=1S/C22H22N2O2/c1-24(22(25)19-12-6-7-13-20(19)23)21-14-8-5-11-18(21)16-26-15-17-9-3-2-4-10-17/h2-14H,15-16,23H2,1H3. The number of ether oxygens (including phenoxy) is 1. The van der Waals surface area contributed by atoms with Gasteiger partial charge in [-0.2, -0.15) is 0 Å². The Hall–Kier alpha value is -3.11. The summed E-state index contributed by atoms with van der Waals surface area (Å²) in [4.78, 5) is 14.4. The second-order valence-corrected chi connectivity index (χ2v) is 6.06. The lowest BCUT2D eigenvalue weighted by molar-refractivity contribution is 0.0988. The van der Waals surface area contributed by atoms with E-state index in [-0.39, 0.29) is 5.91 Å². The number of rotatable bonds is 6. The van der Waals surface area contributed by atoms with Crippen molar-refractivity contribution in [3.8, 4) is 0 Å². The van der Waals surface area contributed by atoms with E-state index in [2.05, 4.69) is 0 Å². The van der Waals surface area contributed by atoms with E-state index in [0.29, 0.717) is 24.5 Å². The van der Waals surface area contributed by atoms with Gasteiger partial charge < -0.3 is 15.4 Å². The summed E-state index contributed by atoms with van der Waals surface area (Å²) >= 11 is 0. The van der Waals surface area contributed by atoms with Crippen molar-refractivity contribution < 1.29 is 9.53 Å². The van der Waals surface area contributed by atoms with Crippen LogP contribution in [0.4, 0.5) is 11.4 Å². The van der Waals surface area contributed by atoms with Crippen molar-refractivity contribution in [3.63, 3.8) is 0 Å². The van der Waals surface area contributed by atoms with Gasteiger partial charge >= 0.3 is 0 Å². The van der Waals surface area contributed by atoms with Crippen molar-refractivity contribution in [2.75, 3.05) is 17.7 Å². The van der Waals surface area contributed by atoms with E-state index in [1.165, 1.54) is 0 Å². The average molecular weight is 346 g/mol. The van der Waals surface area contributed by atoms with Gasteiger partial charge in [0.05, 0.1) is 18.8 Å². The number of carbonyl (C=O) groups excluding carboxylic acids is 1. The lowest BCUT2D eigenvalue weighted by atomic mass is 10.1. The zero-order valence-corrected chi connectivity index (χ0v) is 14.8. The third-order valence-electron chi connectivity index (χ3n) is 4.22. The quantitative estimate of drug-likeness (QED) is 0.679. The van der Waals surface area contributed by atoms with Crippen LogP contribution in [0.5, 0.6) is 0 Å². The molecule has 0 heterocycles. The molecule has 132 valence electrons. The van der Waals surface area contributed by atoms with Gasteiger partial charge in [0, 0.05) is 24.0 Å². The molecule has 4 nitrogen and oxygen atoms in total. The number of anilines is 2. The lowest BCUT2D eigenvalue weighted by Gasteiger charge is -2.21. The molecule has 0 saturated carbocycles. The van der Waals surface area contributed by atoms with Crippen molar-refractivity contribution >= 4 is 17.3 Å². The number of nitrogens with two attached hydrogens (primary N) is 1. The van der Waals surface area contributed by atoms with Gasteiger partial charge in [-0.25, -0.2) is 0 Å².